The van der Waals surface area contributed by atoms with Gasteiger partial charge in [0, 0.05) is 25.5 Å². The zero-order chi connectivity index (χ0) is 12.1. The van der Waals surface area contributed by atoms with Crippen LogP contribution in [0.1, 0.15) is 37.7 Å². The Morgan fingerprint density at radius 2 is 2.41 bits per heavy atom. The molecule has 0 aliphatic heterocycles. The van der Waals surface area contributed by atoms with Crippen LogP contribution in [0.2, 0.25) is 0 Å². The maximum Gasteiger partial charge on any atom is 0.191 e. The lowest BCUT2D eigenvalue weighted by atomic mass is 10.3. The van der Waals surface area contributed by atoms with Crippen LogP contribution >= 0.6 is 0 Å². The van der Waals surface area contributed by atoms with E-state index >= 15 is 0 Å². The van der Waals surface area contributed by atoms with Gasteiger partial charge in [-0.3, -0.25) is 0 Å². The molecule has 2 N–H and O–H groups in total. The summed E-state index contributed by atoms with van der Waals surface area (Å²) in [5.41, 5.74) is 1.27. The largest absolute Gasteiger partial charge is 0.354 e. The molecule has 0 saturated carbocycles. The van der Waals surface area contributed by atoms with Crippen LogP contribution in [-0.2, 0) is 13.1 Å². The lowest BCUT2D eigenvalue weighted by molar-refractivity contribution is 0.546. The van der Waals surface area contributed by atoms with E-state index in [1.165, 1.54) is 5.56 Å². The molecule has 17 heavy (non-hydrogen) atoms. The van der Waals surface area contributed by atoms with Crippen LogP contribution in [0.25, 0.3) is 0 Å². The summed E-state index contributed by atoms with van der Waals surface area (Å²) in [7, 11) is 0. The molecule has 2 heterocycles. The lowest BCUT2D eigenvalue weighted by Gasteiger charge is -2.08. The van der Waals surface area contributed by atoms with Crippen molar-refractivity contribution in [3.63, 3.8) is 0 Å². The summed E-state index contributed by atoms with van der Waals surface area (Å²) < 4.78 is 2.20. The van der Waals surface area contributed by atoms with Gasteiger partial charge in [0.05, 0.1) is 6.04 Å². The summed E-state index contributed by atoms with van der Waals surface area (Å²) >= 11 is 0. The van der Waals surface area contributed by atoms with E-state index < -0.39 is 0 Å². The SMILES string of the molecule is CCCn1ccc(CNC(C)c2nn[nH]n2)c1. The van der Waals surface area contributed by atoms with Crippen molar-refractivity contribution in [2.24, 2.45) is 0 Å². The van der Waals surface area contributed by atoms with Gasteiger partial charge in [0.15, 0.2) is 5.82 Å². The Balaban J connectivity index is 1.84. The standard InChI is InChI=1S/C11H18N6/c1-3-5-17-6-4-10(8-17)7-12-9(2)11-13-15-16-14-11/h4,6,8-9,12H,3,5,7H2,1-2H3,(H,13,14,15,16). The maximum atomic E-state index is 3.95. The maximum absolute atomic E-state index is 3.95. The number of aryl methyl sites for hydroxylation is 1. The minimum atomic E-state index is 0.100. The van der Waals surface area contributed by atoms with Gasteiger partial charge in [-0.15, -0.1) is 10.2 Å². The topological polar surface area (TPSA) is 71.4 Å². The van der Waals surface area contributed by atoms with Crippen LogP contribution in [-0.4, -0.2) is 25.2 Å². The van der Waals surface area contributed by atoms with Gasteiger partial charge in [-0.05, 0) is 25.0 Å². The first kappa shape index (κ1) is 11.8. The fourth-order valence-corrected chi connectivity index (χ4v) is 1.71. The highest BCUT2D eigenvalue weighted by Gasteiger charge is 2.09. The zero-order valence-electron chi connectivity index (χ0n) is 10.2. The molecular weight excluding hydrogens is 216 g/mol. The summed E-state index contributed by atoms with van der Waals surface area (Å²) in [6.07, 6.45) is 5.43. The van der Waals surface area contributed by atoms with Crippen molar-refractivity contribution in [1.82, 2.24) is 30.5 Å². The first-order chi connectivity index (χ1) is 8.29. The molecule has 1 unspecified atom stereocenters. The van der Waals surface area contributed by atoms with Crippen molar-refractivity contribution >= 4 is 0 Å². The third-order valence-electron chi connectivity index (χ3n) is 2.65. The summed E-state index contributed by atoms with van der Waals surface area (Å²) in [5, 5.41) is 17.3. The molecule has 0 aliphatic carbocycles. The highest BCUT2D eigenvalue weighted by Crippen LogP contribution is 2.07. The predicted molar refractivity (Wildman–Crippen MR) is 64.2 cm³/mol. The van der Waals surface area contributed by atoms with Crippen molar-refractivity contribution in [3.05, 3.63) is 29.8 Å². The van der Waals surface area contributed by atoms with E-state index in [2.05, 4.69) is 55.9 Å². The average molecular weight is 234 g/mol. The summed E-state index contributed by atoms with van der Waals surface area (Å²) in [6, 6.07) is 2.23. The lowest BCUT2D eigenvalue weighted by Crippen LogP contribution is -2.19. The van der Waals surface area contributed by atoms with Crippen molar-refractivity contribution in [2.45, 2.75) is 39.4 Å². The van der Waals surface area contributed by atoms with Crippen LogP contribution in [0.3, 0.4) is 0 Å². The second-order valence-corrected chi connectivity index (χ2v) is 4.13. The molecule has 6 nitrogen and oxygen atoms in total. The van der Waals surface area contributed by atoms with E-state index in [-0.39, 0.29) is 6.04 Å². The molecule has 1 atom stereocenters. The molecule has 0 amide bonds. The van der Waals surface area contributed by atoms with Crippen LogP contribution in [0.15, 0.2) is 18.5 Å². The van der Waals surface area contributed by atoms with Gasteiger partial charge >= 0.3 is 0 Å². The van der Waals surface area contributed by atoms with Crippen LogP contribution < -0.4 is 5.32 Å². The van der Waals surface area contributed by atoms with E-state index in [1.807, 2.05) is 6.92 Å². The first-order valence-electron chi connectivity index (χ1n) is 5.91. The van der Waals surface area contributed by atoms with Crippen LogP contribution in [0, 0.1) is 0 Å². The van der Waals surface area contributed by atoms with Gasteiger partial charge < -0.3 is 9.88 Å². The number of aromatic nitrogens is 5. The number of aromatic amines is 1. The first-order valence-corrected chi connectivity index (χ1v) is 5.91. The minimum absolute atomic E-state index is 0.100. The molecule has 6 heteroatoms. The Morgan fingerprint density at radius 1 is 1.53 bits per heavy atom. The van der Waals surface area contributed by atoms with Gasteiger partial charge in [-0.2, -0.15) is 5.21 Å². The van der Waals surface area contributed by atoms with Crippen molar-refractivity contribution in [1.29, 1.82) is 0 Å². The molecule has 2 aromatic rings. The van der Waals surface area contributed by atoms with Gasteiger partial charge in [-0.25, -0.2) is 0 Å². The molecule has 0 saturated heterocycles. The number of H-pyrrole nitrogens is 1. The monoisotopic (exact) mass is 234 g/mol. The minimum Gasteiger partial charge on any atom is -0.354 e. The molecule has 2 rings (SSSR count). The van der Waals surface area contributed by atoms with Gasteiger partial charge in [0.2, 0.25) is 0 Å². The van der Waals surface area contributed by atoms with Crippen molar-refractivity contribution in [3.8, 4) is 0 Å². The Morgan fingerprint density at radius 3 is 3.12 bits per heavy atom. The predicted octanol–water partition coefficient (Wildman–Crippen LogP) is 1.26. The van der Waals surface area contributed by atoms with Crippen molar-refractivity contribution in [2.75, 3.05) is 0 Å². The molecule has 0 aliphatic rings. The molecule has 2 aromatic heterocycles. The Kier molecular flexibility index (Phi) is 3.87. The van der Waals surface area contributed by atoms with Gasteiger partial charge in [0.25, 0.3) is 0 Å². The summed E-state index contributed by atoms with van der Waals surface area (Å²) in [4.78, 5) is 0. The smallest absolute Gasteiger partial charge is 0.191 e. The molecule has 0 fully saturated rings. The number of nitrogens with zero attached hydrogens (tertiary/aromatic N) is 4. The van der Waals surface area contributed by atoms with Gasteiger partial charge in [0.1, 0.15) is 0 Å². The second-order valence-electron chi connectivity index (χ2n) is 4.13. The Labute approximate surface area is 100 Å². The summed E-state index contributed by atoms with van der Waals surface area (Å²) in [6.45, 7) is 6.08. The molecule has 0 spiro atoms. The molecular formula is C11H18N6. The molecule has 0 bridgehead atoms. The fourth-order valence-electron chi connectivity index (χ4n) is 1.71. The number of tetrazole rings is 1. The van der Waals surface area contributed by atoms with Crippen molar-refractivity contribution < 1.29 is 0 Å². The number of nitrogens with one attached hydrogen (secondary N) is 2. The third kappa shape index (κ3) is 3.13. The quantitative estimate of drug-likeness (QED) is 0.789. The third-order valence-corrected chi connectivity index (χ3v) is 2.65. The summed E-state index contributed by atoms with van der Waals surface area (Å²) in [5.74, 6) is 0.693. The fraction of sp³-hybridized carbons (Fsp3) is 0.545. The van der Waals surface area contributed by atoms with E-state index in [1.54, 1.807) is 0 Å². The second kappa shape index (κ2) is 5.58. The number of hydrogen-bond acceptors (Lipinski definition) is 4. The molecule has 0 radical (unpaired) electrons. The Hall–Kier alpha value is -1.69. The highest BCUT2D eigenvalue weighted by atomic mass is 15.5. The van der Waals surface area contributed by atoms with Crippen LogP contribution in [0.4, 0.5) is 0 Å². The average Bonchev–Trinajstić information content (AvgIpc) is 2.97. The van der Waals surface area contributed by atoms with Crippen LogP contribution in [0.5, 0.6) is 0 Å². The van der Waals surface area contributed by atoms with E-state index in [9.17, 15) is 0 Å². The normalized spacial score (nSPS) is 12.8. The number of hydrogen-bond donors (Lipinski definition) is 2. The van der Waals surface area contributed by atoms with E-state index in [0.29, 0.717) is 5.82 Å². The van der Waals surface area contributed by atoms with E-state index in [0.717, 1.165) is 19.5 Å². The molecule has 0 aromatic carbocycles. The highest BCUT2D eigenvalue weighted by molar-refractivity contribution is 5.10. The van der Waals surface area contributed by atoms with Gasteiger partial charge in [-0.1, -0.05) is 12.1 Å². The molecule has 92 valence electrons. The Bertz CT molecular complexity index is 433. The number of rotatable bonds is 6. The van der Waals surface area contributed by atoms with E-state index in [4.69, 9.17) is 0 Å². The zero-order valence-corrected chi connectivity index (χ0v) is 10.2.